The number of nitrogens with zero attached hydrogens (tertiary/aromatic N) is 3. The predicted molar refractivity (Wildman–Crippen MR) is 66.7 cm³/mol. The second-order valence-corrected chi connectivity index (χ2v) is 4.24. The molecule has 1 amide bonds. The van der Waals surface area contributed by atoms with Crippen LogP contribution < -0.4 is 4.74 Å². The van der Waals surface area contributed by atoms with Crippen molar-refractivity contribution in [2.45, 2.75) is 26.3 Å². The van der Waals surface area contributed by atoms with E-state index in [0.29, 0.717) is 5.88 Å². The third-order valence-electron chi connectivity index (χ3n) is 2.65. The zero-order valence-corrected chi connectivity index (χ0v) is 11.2. The fourth-order valence-electron chi connectivity index (χ4n) is 1.38. The van der Waals surface area contributed by atoms with Gasteiger partial charge >= 0.3 is 5.97 Å². The van der Waals surface area contributed by atoms with E-state index in [-0.39, 0.29) is 25.0 Å². The third kappa shape index (κ3) is 4.90. The molecular formula is C12H17N3O4. The molecule has 0 aliphatic rings. The molecule has 1 heterocycles. The van der Waals surface area contributed by atoms with Crippen molar-refractivity contribution in [3.63, 3.8) is 0 Å². The van der Waals surface area contributed by atoms with Gasteiger partial charge in [-0.3, -0.25) is 9.59 Å². The summed E-state index contributed by atoms with van der Waals surface area (Å²) in [7, 11) is 1.55. The van der Waals surface area contributed by atoms with Crippen molar-refractivity contribution >= 4 is 11.9 Å². The van der Waals surface area contributed by atoms with Crippen LogP contribution in [0.1, 0.15) is 19.0 Å². The minimum Gasteiger partial charge on any atom is -0.481 e. The first-order valence-electron chi connectivity index (χ1n) is 5.79. The number of likely N-dealkylation sites (N-methyl/N-ethyl adjacent to an activating group) is 1. The van der Waals surface area contributed by atoms with E-state index < -0.39 is 5.97 Å². The summed E-state index contributed by atoms with van der Waals surface area (Å²) in [6, 6.07) is 1.23. The number of hydrogen-bond donors (Lipinski definition) is 1. The lowest BCUT2D eigenvalue weighted by Gasteiger charge is -2.23. The Morgan fingerprint density at radius 1 is 1.47 bits per heavy atom. The van der Waals surface area contributed by atoms with Gasteiger partial charge in [-0.25, -0.2) is 9.97 Å². The zero-order chi connectivity index (χ0) is 14.4. The van der Waals surface area contributed by atoms with Crippen LogP contribution in [0.5, 0.6) is 5.88 Å². The van der Waals surface area contributed by atoms with E-state index in [1.807, 2.05) is 0 Å². The number of hydrogen-bond acceptors (Lipinski definition) is 5. The van der Waals surface area contributed by atoms with Crippen LogP contribution in [0.3, 0.4) is 0 Å². The van der Waals surface area contributed by atoms with Gasteiger partial charge in [-0.2, -0.15) is 0 Å². The molecule has 1 rings (SSSR count). The molecule has 0 fully saturated rings. The summed E-state index contributed by atoms with van der Waals surface area (Å²) in [6.45, 7) is 3.27. The molecule has 0 radical (unpaired) electrons. The maximum absolute atomic E-state index is 11.8. The van der Waals surface area contributed by atoms with Gasteiger partial charge in [-0.1, -0.05) is 0 Å². The molecule has 104 valence electrons. The molecule has 0 saturated carbocycles. The van der Waals surface area contributed by atoms with Crippen molar-refractivity contribution in [1.82, 2.24) is 14.9 Å². The van der Waals surface area contributed by atoms with E-state index in [9.17, 15) is 9.59 Å². The Labute approximate surface area is 111 Å². The lowest BCUT2D eigenvalue weighted by Crippen LogP contribution is -2.39. The maximum atomic E-state index is 11.8. The summed E-state index contributed by atoms with van der Waals surface area (Å²) in [5, 5.41) is 8.67. The van der Waals surface area contributed by atoms with Gasteiger partial charge in [0, 0.05) is 24.8 Å². The first kappa shape index (κ1) is 14.9. The SMILES string of the molecule is Cc1cc(OCC(=O)N(C)C(C)CC(=O)O)ncn1. The van der Waals surface area contributed by atoms with Gasteiger partial charge in [-0.15, -0.1) is 0 Å². The average molecular weight is 267 g/mol. The molecule has 1 aromatic rings. The highest BCUT2D eigenvalue weighted by molar-refractivity contribution is 5.78. The summed E-state index contributed by atoms with van der Waals surface area (Å²) in [5.41, 5.74) is 0.741. The standard InChI is InChI=1S/C12H17N3O4/c1-8-4-10(14-7-13-8)19-6-11(16)15(3)9(2)5-12(17)18/h4,7,9H,5-6H2,1-3H3,(H,17,18). The number of aromatic nitrogens is 2. The second-order valence-electron chi connectivity index (χ2n) is 4.24. The molecule has 1 N–H and O–H groups in total. The zero-order valence-electron chi connectivity index (χ0n) is 11.2. The number of carbonyl (C=O) groups excluding carboxylic acids is 1. The van der Waals surface area contributed by atoms with Gasteiger partial charge in [-0.05, 0) is 13.8 Å². The fourth-order valence-corrected chi connectivity index (χ4v) is 1.38. The number of aliphatic carboxylic acids is 1. The Bertz CT molecular complexity index is 464. The van der Waals surface area contributed by atoms with Gasteiger partial charge in [0.15, 0.2) is 6.61 Å². The molecule has 0 aliphatic heterocycles. The number of amides is 1. The van der Waals surface area contributed by atoms with E-state index in [1.54, 1.807) is 27.0 Å². The molecule has 1 aromatic heterocycles. The minimum atomic E-state index is -0.945. The molecule has 1 unspecified atom stereocenters. The van der Waals surface area contributed by atoms with Crippen molar-refractivity contribution in [1.29, 1.82) is 0 Å². The number of ether oxygens (including phenoxy) is 1. The van der Waals surface area contributed by atoms with Crippen LogP contribution in [-0.2, 0) is 9.59 Å². The van der Waals surface area contributed by atoms with Crippen LogP contribution in [0.15, 0.2) is 12.4 Å². The van der Waals surface area contributed by atoms with Crippen molar-refractivity contribution in [2.75, 3.05) is 13.7 Å². The summed E-state index contributed by atoms with van der Waals surface area (Å²) in [4.78, 5) is 31.5. The summed E-state index contributed by atoms with van der Waals surface area (Å²) >= 11 is 0. The van der Waals surface area contributed by atoms with E-state index in [4.69, 9.17) is 9.84 Å². The van der Waals surface area contributed by atoms with E-state index in [0.717, 1.165) is 5.69 Å². The minimum absolute atomic E-state index is 0.102. The highest BCUT2D eigenvalue weighted by atomic mass is 16.5. The van der Waals surface area contributed by atoms with Gasteiger partial charge in [0.25, 0.3) is 5.91 Å². The second kappa shape index (κ2) is 6.67. The molecule has 0 aliphatic carbocycles. The van der Waals surface area contributed by atoms with Crippen LogP contribution in [0, 0.1) is 6.92 Å². The summed E-state index contributed by atoms with van der Waals surface area (Å²) in [5.74, 6) is -0.926. The Morgan fingerprint density at radius 2 is 2.16 bits per heavy atom. The normalized spacial score (nSPS) is 11.7. The average Bonchev–Trinajstić information content (AvgIpc) is 2.34. The number of carbonyl (C=O) groups is 2. The van der Waals surface area contributed by atoms with E-state index >= 15 is 0 Å². The van der Waals surface area contributed by atoms with Crippen LogP contribution >= 0.6 is 0 Å². The molecule has 7 nitrogen and oxygen atoms in total. The first-order chi connectivity index (χ1) is 8.90. The molecule has 1 atom stereocenters. The van der Waals surface area contributed by atoms with Crippen molar-refractivity contribution in [3.05, 3.63) is 18.1 Å². The van der Waals surface area contributed by atoms with Gasteiger partial charge in [0.2, 0.25) is 5.88 Å². The lowest BCUT2D eigenvalue weighted by atomic mass is 10.2. The Morgan fingerprint density at radius 3 is 2.74 bits per heavy atom. The topological polar surface area (TPSA) is 92.6 Å². The van der Waals surface area contributed by atoms with Crippen LogP contribution in [-0.4, -0.2) is 51.5 Å². The highest BCUT2D eigenvalue weighted by Gasteiger charge is 2.18. The van der Waals surface area contributed by atoms with E-state index in [1.165, 1.54) is 11.2 Å². The Balaban J connectivity index is 2.48. The Kier molecular flexibility index (Phi) is 5.23. The first-order valence-corrected chi connectivity index (χ1v) is 5.79. The van der Waals surface area contributed by atoms with Gasteiger partial charge < -0.3 is 14.7 Å². The molecule has 0 bridgehead atoms. The third-order valence-corrected chi connectivity index (χ3v) is 2.65. The monoisotopic (exact) mass is 267 g/mol. The largest absolute Gasteiger partial charge is 0.481 e. The highest BCUT2D eigenvalue weighted by Crippen LogP contribution is 2.07. The van der Waals surface area contributed by atoms with Crippen LogP contribution in [0.4, 0.5) is 0 Å². The number of aryl methyl sites for hydroxylation is 1. The van der Waals surface area contributed by atoms with Crippen LogP contribution in [0.25, 0.3) is 0 Å². The molecule has 7 heteroatoms. The molecule has 0 saturated heterocycles. The predicted octanol–water partition coefficient (Wildman–Crippen LogP) is 0.485. The van der Waals surface area contributed by atoms with Crippen LogP contribution in [0.2, 0.25) is 0 Å². The van der Waals surface area contributed by atoms with E-state index in [2.05, 4.69) is 9.97 Å². The smallest absolute Gasteiger partial charge is 0.305 e. The fraction of sp³-hybridized carbons (Fsp3) is 0.500. The summed E-state index contributed by atoms with van der Waals surface area (Å²) in [6.07, 6.45) is 1.25. The summed E-state index contributed by atoms with van der Waals surface area (Å²) < 4.78 is 5.24. The number of carboxylic acids is 1. The quantitative estimate of drug-likeness (QED) is 0.806. The van der Waals surface area contributed by atoms with Crippen molar-refractivity contribution < 1.29 is 19.4 Å². The van der Waals surface area contributed by atoms with Crippen molar-refractivity contribution in [3.8, 4) is 5.88 Å². The molecular weight excluding hydrogens is 250 g/mol. The van der Waals surface area contributed by atoms with Crippen molar-refractivity contribution in [2.24, 2.45) is 0 Å². The maximum Gasteiger partial charge on any atom is 0.305 e. The van der Waals surface area contributed by atoms with Gasteiger partial charge in [0.05, 0.1) is 6.42 Å². The number of carboxylic acid groups (broad SMARTS) is 1. The molecule has 19 heavy (non-hydrogen) atoms. The van der Waals surface area contributed by atoms with Gasteiger partial charge in [0.1, 0.15) is 6.33 Å². The molecule has 0 aromatic carbocycles. The lowest BCUT2D eigenvalue weighted by molar-refractivity contribution is -0.140. The Hall–Kier alpha value is -2.18. The number of rotatable bonds is 6. The molecule has 0 spiro atoms.